The Labute approximate surface area is 129 Å². The summed E-state index contributed by atoms with van der Waals surface area (Å²) < 4.78 is 5.37. The first-order chi connectivity index (χ1) is 10.5. The summed E-state index contributed by atoms with van der Waals surface area (Å²) in [6.45, 7) is 5.88. The van der Waals surface area contributed by atoms with E-state index in [0.29, 0.717) is 12.3 Å². The molecule has 2 aromatic rings. The summed E-state index contributed by atoms with van der Waals surface area (Å²) >= 11 is 0. The molecule has 0 saturated heterocycles. The number of anilines is 2. The Morgan fingerprint density at radius 3 is 2.77 bits per heavy atom. The van der Waals surface area contributed by atoms with Gasteiger partial charge in [0.15, 0.2) is 5.89 Å². The largest absolute Gasteiger partial charge is 0.424 e. The fourth-order valence-corrected chi connectivity index (χ4v) is 1.90. The topological polar surface area (TPSA) is 91.0 Å². The number of aryl methyl sites for hydroxylation is 3. The molecule has 0 radical (unpaired) electrons. The third-order valence-corrected chi connectivity index (χ3v) is 3.28. The van der Waals surface area contributed by atoms with Gasteiger partial charge in [0.05, 0.1) is 6.54 Å². The molecule has 2 rings (SSSR count). The number of nitrogens with zero attached hydrogens (tertiary/aromatic N) is 2. The normalized spacial score (nSPS) is 10.1. The van der Waals surface area contributed by atoms with Crippen molar-refractivity contribution in [2.75, 3.05) is 17.2 Å². The van der Waals surface area contributed by atoms with E-state index in [0.717, 1.165) is 11.3 Å². The zero-order chi connectivity index (χ0) is 16.1. The molecule has 1 aromatic heterocycles. The lowest BCUT2D eigenvalue weighted by molar-refractivity contribution is -0.114. The smallest absolute Gasteiger partial charge is 0.243 e. The van der Waals surface area contributed by atoms with E-state index in [4.69, 9.17) is 9.68 Å². The Bertz CT molecular complexity index is 728. The molecular formula is C16H18N4O2. The zero-order valence-electron chi connectivity index (χ0n) is 12.9. The molecule has 0 spiro atoms. The number of hydrogen-bond acceptors (Lipinski definition) is 5. The van der Waals surface area contributed by atoms with Crippen molar-refractivity contribution in [1.82, 2.24) is 4.98 Å². The highest BCUT2D eigenvalue weighted by Crippen LogP contribution is 2.17. The number of oxazole rings is 1. The van der Waals surface area contributed by atoms with Crippen molar-refractivity contribution in [2.45, 2.75) is 27.2 Å². The molecule has 6 heteroatoms. The summed E-state index contributed by atoms with van der Waals surface area (Å²) in [6, 6.07) is 7.66. The van der Waals surface area contributed by atoms with Gasteiger partial charge in [-0.25, -0.2) is 4.98 Å². The summed E-state index contributed by atoms with van der Waals surface area (Å²) in [5.41, 5.74) is 3.18. The van der Waals surface area contributed by atoms with Crippen LogP contribution in [0.15, 0.2) is 22.6 Å². The average Bonchev–Trinajstić information content (AvgIpc) is 2.91. The Balaban J connectivity index is 1.97. The van der Waals surface area contributed by atoms with Crippen molar-refractivity contribution >= 4 is 17.5 Å². The highest BCUT2D eigenvalue weighted by Gasteiger charge is 2.13. The summed E-state index contributed by atoms with van der Waals surface area (Å²) in [6.07, 6.45) is 0.588. The minimum absolute atomic E-state index is 0.0000479. The van der Waals surface area contributed by atoms with Gasteiger partial charge < -0.3 is 15.1 Å². The summed E-state index contributed by atoms with van der Waals surface area (Å²) in [4.78, 5) is 15.9. The molecule has 22 heavy (non-hydrogen) atoms. The minimum atomic E-state index is -0.221. The van der Waals surface area contributed by atoms with E-state index >= 15 is 0 Å². The van der Waals surface area contributed by atoms with E-state index in [-0.39, 0.29) is 24.0 Å². The lowest BCUT2D eigenvalue weighted by Crippen LogP contribution is -2.21. The highest BCUT2D eigenvalue weighted by molar-refractivity contribution is 5.93. The van der Waals surface area contributed by atoms with E-state index in [1.54, 1.807) is 0 Å². The van der Waals surface area contributed by atoms with Gasteiger partial charge in [0, 0.05) is 12.1 Å². The summed E-state index contributed by atoms with van der Waals surface area (Å²) in [5.74, 6) is 0.477. The Morgan fingerprint density at radius 2 is 2.14 bits per heavy atom. The molecule has 0 saturated carbocycles. The van der Waals surface area contributed by atoms with Crippen LogP contribution in [0.3, 0.4) is 0 Å². The van der Waals surface area contributed by atoms with Crippen LogP contribution in [0.1, 0.15) is 29.6 Å². The predicted octanol–water partition coefficient (Wildman–Crippen LogP) is 2.78. The first-order valence-electron chi connectivity index (χ1n) is 7.04. The molecule has 0 fully saturated rings. The van der Waals surface area contributed by atoms with Gasteiger partial charge in [0.25, 0.3) is 0 Å². The van der Waals surface area contributed by atoms with Crippen LogP contribution in [0.5, 0.6) is 0 Å². The lowest BCUT2D eigenvalue weighted by Gasteiger charge is -2.08. The SMILES string of the molecule is CCc1nc(C#N)c(NCC(=O)Nc2ccc(C)c(C)c2)o1. The van der Waals surface area contributed by atoms with Crippen molar-refractivity contribution in [3.05, 3.63) is 40.9 Å². The van der Waals surface area contributed by atoms with E-state index in [1.807, 2.05) is 45.0 Å². The minimum Gasteiger partial charge on any atom is -0.424 e. The maximum absolute atomic E-state index is 11.9. The molecule has 0 unspecified atom stereocenters. The van der Waals surface area contributed by atoms with Crippen molar-refractivity contribution in [2.24, 2.45) is 0 Å². The molecule has 0 aliphatic carbocycles. The average molecular weight is 298 g/mol. The maximum Gasteiger partial charge on any atom is 0.243 e. The number of aromatic nitrogens is 1. The van der Waals surface area contributed by atoms with Gasteiger partial charge in [-0.05, 0) is 37.1 Å². The van der Waals surface area contributed by atoms with E-state index < -0.39 is 0 Å². The Kier molecular flexibility index (Phi) is 4.79. The van der Waals surface area contributed by atoms with Gasteiger partial charge >= 0.3 is 0 Å². The molecule has 6 nitrogen and oxygen atoms in total. The lowest BCUT2D eigenvalue weighted by atomic mass is 10.1. The molecule has 2 N–H and O–H groups in total. The van der Waals surface area contributed by atoms with Gasteiger partial charge in [0.1, 0.15) is 6.07 Å². The van der Waals surface area contributed by atoms with Gasteiger partial charge in [-0.15, -0.1) is 0 Å². The van der Waals surface area contributed by atoms with Crippen molar-refractivity contribution in [3.8, 4) is 6.07 Å². The van der Waals surface area contributed by atoms with Crippen LogP contribution < -0.4 is 10.6 Å². The second-order valence-corrected chi connectivity index (χ2v) is 4.95. The fraction of sp³-hybridized carbons (Fsp3) is 0.312. The van der Waals surface area contributed by atoms with Crippen LogP contribution in [-0.2, 0) is 11.2 Å². The third-order valence-electron chi connectivity index (χ3n) is 3.28. The Hall–Kier alpha value is -2.81. The van der Waals surface area contributed by atoms with E-state index in [2.05, 4.69) is 15.6 Å². The summed E-state index contributed by atoms with van der Waals surface area (Å²) in [5, 5.41) is 14.6. The van der Waals surface area contributed by atoms with Gasteiger partial charge in [0.2, 0.25) is 17.5 Å². The number of rotatable bonds is 5. The molecule has 1 amide bonds. The molecule has 0 atom stereocenters. The number of carbonyl (C=O) groups is 1. The van der Waals surface area contributed by atoms with Crippen LogP contribution >= 0.6 is 0 Å². The second kappa shape index (κ2) is 6.76. The second-order valence-electron chi connectivity index (χ2n) is 4.95. The molecule has 0 aliphatic rings. The molecule has 0 bridgehead atoms. The first kappa shape index (κ1) is 15.6. The van der Waals surface area contributed by atoms with Gasteiger partial charge in [-0.2, -0.15) is 5.26 Å². The molecule has 1 heterocycles. The molecule has 1 aromatic carbocycles. The molecule has 114 valence electrons. The number of nitrogens with one attached hydrogen (secondary N) is 2. The first-order valence-corrected chi connectivity index (χ1v) is 7.04. The van der Waals surface area contributed by atoms with Crippen LogP contribution in [-0.4, -0.2) is 17.4 Å². The maximum atomic E-state index is 11.9. The van der Waals surface area contributed by atoms with E-state index in [1.165, 1.54) is 5.56 Å². The number of hydrogen-bond donors (Lipinski definition) is 2. The third kappa shape index (κ3) is 3.64. The fourth-order valence-electron chi connectivity index (χ4n) is 1.90. The molecule has 0 aliphatic heterocycles. The van der Waals surface area contributed by atoms with Gasteiger partial charge in [-0.1, -0.05) is 13.0 Å². The number of amides is 1. The number of benzene rings is 1. The van der Waals surface area contributed by atoms with Crippen LogP contribution in [0.2, 0.25) is 0 Å². The van der Waals surface area contributed by atoms with Crippen LogP contribution in [0.4, 0.5) is 11.6 Å². The van der Waals surface area contributed by atoms with Gasteiger partial charge in [-0.3, -0.25) is 4.79 Å². The zero-order valence-corrected chi connectivity index (χ0v) is 12.9. The monoisotopic (exact) mass is 298 g/mol. The number of carbonyl (C=O) groups excluding carboxylic acids is 1. The highest BCUT2D eigenvalue weighted by atomic mass is 16.4. The van der Waals surface area contributed by atoms with Crippen molar-refractivity contribution in [1.29, 1.82) is 5.26 Å². The van der Waals surface area contributed by atoms with E-state index in [9.17, 15) is 4.79 Å². The summed E-state index contributed by atoms with van der Waals surface area (Å²) in [7, 11) is 0. The van der Waals surface area contributed by atoms with Crippen LogP contribution in [0, 0.1) is 25.2 Å². The molecular weight excluding hydrogens is 280 g/mol. The predicted molar refractivity (Wildman–Crippen MR) is 83.6 cm³/mol. The number of nitriles is 1. The van der Waals surface area contributed by atoms with Crippen LogP contribution in [0.25, 0.3) is 0 Å². The Morgan fingerprint density at radius 1 is 1.36 bits per heavy atom. The van der Waals surface area contributed by atoms with Crippen molar-refractivity contribution in [3.63, 3.8) is 0 Å². The quantitative estimate of drug-likeness (QED) is 0.885. The van der Waals surface area contributed by atoms with Crippen molar-refractivity contribution < 1.29 is 9.21 Å². The standard InChI is InChI=1S/C16H18N4O2/c1-4-15-20-13(8-17)16(22-15)18-9-14(21)19-12-6-5-10(2)11(3)7-12/h5-7,18H,4,9H2,1-3H3,(H,19,21).